The number of rotatable bonds is 0. The predicted molar refractivity (Wildman–Crippen MR) is 77.5 cm³/mol. The van der Waals surface area contributed by atoms with E-state index in [4.69, 9.17) is 11.6 Å². The molecule has 0 bridgehead atoms. The van der Waals surface area contributed by atoms with Crippen molar-refractivity contribution in [2.45, 2.75) is 0 Å². The van der Waals surface area contributed by atoms with E-state index in [-0.39, 0.29) is 27.8 Å². The van der Waals surface area contributed by atoms with Gasteiger partial charge in [0.25, 0.3) is 0 Å². The standard InChI is InChI=1S/C14H9Cl.FH.Mg.2H/c15-14-7-3-6-12-8-10-4-1-2-5-11(10)9-13(12)14;;;;/h1-9H;1H;;;. The second-order valence-electron chi connectivity index (χ2n) is 3.66. The van der Waals surface area contributed by atoms with E-state index in [0.717, 1.165) is 10.4 Å². The molecule has 0 radical (unpaired) electrons. The fourth-order valence-electron chi connectivity index (χ4n) is 1.93. The van der Waals surface area contributed by atoms with E-state index in [2.05, 4.69) is 36.4 Å². The molecule has 0 aliphatic carbocycles. The van der Waals surface area contributed by atoms with Gasteiger partial charge in [-0.15, -0.1) is 0 Å². The molecule has 0 aliphatic rings. The number of hydrogen-bond donors (Lipinski definition) is 0. The van der Waals surface area contributed by atoms with Gasteiger partial charge >= 0.3 is 23.1 Å². The van der Waals surface area contributed by atoms with Crippen molar-refractivity contribution < 1.29 is 4.70 Å². The van der Waals surface area contributed by atoms with Crippen molar-refractivity contribution in [3.63, 3.8) is 0 Å². The van der Waals surface area contributed by atoms with Gasteiger partial charge in [0.05, 0.1) is 0 Å². The summed E-state index contributed by atoms with van der Waals surface area (Å²) in [6.07, 6.45) is 0. The van der Waals surface area contributed by atoms with Gasteiger partial charge in [0, 0.05) is 10.4 Å². The molecule has 0 heterocycles. The summed E-state index contributed by atoms with van der Waals surface area (Å²) >= 11 is 6.16. The van der Waals surface area contributed by atoms with Gasteiger partial charge < -0.3 is 0 Å². The highest BCUT2D eigenvalue weighted by Gasteiger charge is 2.00. The summed E-state index contributed by atoms with van der Waals surface area (Å²) in [5, 5.41) is 5.63. The lowest BCUT2D eigenvalue weighted by atomic mass is 10.0. The number of hydrogen-bond acceptors (Lipinski definition) is 0. The van der Waals surface area contributed by atoms with Crippen LogP contribution >= 0.6 is 11.6 Å². The average Bonchev–Trinajstić information content (AvgIpc) is 2.27. The van der Waals surface area contributed by atoms with Gasteiger partial charge in [-0.25, -0.2) is 0 Å². The van der Waals surface area contributed by atoms with Gasteiger partial charge in [-0.1, -0.05) is 48.0 Å². The van der Waals surface area contributed by atoms with Crippen LogP contribution in [0.1, 0.15) is 0 Å². The minimum Gasteiger partial charge on any atom is -0.269 e. The van der Waals surface area contributed by atoms with E-state index in [9.17, 15) is 0 Å². The quantitative estimate of drug-likeness (QED) is 0.424. The summed E-state index contributed by atoms with van der Waals surface area (Å²) in [5.74, 6) is 0. The summed E-state index contributed by atoms with van der Waals surface area (Å²) in [4.78, 5) is 0. The van der Waals surface area contributed by atoms with Gasteiger partial charge in [0.2, 0.25) is 0 Å². The molecule has 0 N–H and O–H groups in total. The highest BCUT2D eigenvalue weighted by atomic mass is 35.5. The third kappa shape index (κ3) is 2.54. The molecule has 0 fully saturated rings. The van der Waals surface area contributed by atoms with Crippen LogP contribution in [0.5, 0.6) is 0 Å². The van der Waals surface area contributed by atoms with Crippen molar-refractivity contribution in [2.75, 3.05) is 0 Å². The minimum atomic E-state index is 0. The topological polar surface area (TPSA) is 0 Å². The van der Waals surface area contributed by atoms with Crippen molar-refractivity contribution in [1.29, 1.82) is 0 Å². The first kappa shape index (κ1) is 14.2. The molecule has 0 aliphatic heterocycles. The van der Waals surface area contributed by atoms with E-state index in [0.29, 0.717) is 0 Å². The highest BCUT2D eigenvalue weighted by Crippen LogP contribution is 2.27. The Morgan fingerprint density at radius 1 is 0.706 bits per heavy atom. The normalized spacial score (nSPS) is 9.71. The molecule has 0 nitrogen and oxygen atoms in total. The van der Waals surface area contributed by atoms with Crippen LogP contribution < -0.4 is 0 Å². The van der Waals surface area contributed by atoms with Crippen LogP contribution in [0, 0.1) is 0 Å². The Labute approximate surface area is 120 Å². The number of benzene rings is 3. The first-order valence-electron chi connectivity index (χ1n) is 4.92. The van der Waals surface area contributed by atoms with Gasteiger partial charge in [-0.3, -0.25) is 4.70 Å². The minimum absolute atomic E-state index is 0. The second-order valence-corrected chi connectivity index (χ2v) is 4.07. The van der Waals surface area contributed by atoms with Crippen LogP contribution in [0.15, 0.2) is 54.6 Å². The van der Waals surface area contributed by atoms with Crippen molar-refractivity contribution in [3.8, 4) is 0 Å². The summed E-state index contributed by atoms with van der Waals surface area (Å²) in [7, 11) is 0. The maximum Gasteiger partial charge on any atom is 0.316 e. The van der Waals surface area contributed by atoms with Crippen molar-refractivity contribution in [3.05, 3.63) is 59.6 Å². The molecular weight excluding hydrogens is 247 g/mol. The highest BCUT2D eigenvalue weighted by molar-refractivity contribution is 6.35. The molecule has 0 aromatic heterocycles. The lowest BCUT2D eigenvalue weighted by Crippen LogP contribution is -1.76. The van der Waals surface area contributed by atoms with Crippen LogP contribution in [0.25, 0.3) is 21.5 Å². The smallest absolute Gasteiger partial charge is 0.269 e. The molecule has 0 saturated heterocycles. The Hall–Kier alpha value is -0.834. The molecule has 0 amide bonds. The van der Waals surface area contributed by atoms with Crippen molar-refractivity contribution in [1.82, 2.24) is 0 Å². The Morgan fingerprint density at radius 3 is 2.00 bits per heavy atom. The summed E-state index contributed by atoms with van der Waals surface area (Å²) < 4.78 is 0. The third-order valence-corrected chi connectivity index (χ3v) is 3.02. The molecule has 3 heteroatoms. The zero-order valence-corrected chi connectivity index (χ0v) is 9.24. The largest absolute Gasteiger partial charge is 0.316 e. The van der Waals surface area contributed by atoms with E-state index in [1.165, 1.54) is 16.2 Å². The van der Waals surface area contributed by atoms with E-state index < -0.39 is 0 Å². The molecule has 0 unspecified atom stereocenters. The zero-order chi connectivity index (χ0) is 10.3. The van der Waals surface area contributed by atoms with Gasteiger partial charge in [0.1, 0.15) is 0 Å². The predicted octanol–water partition coefficient (Wildman–Crippen LogP) is 3.88. The second kappa shape index (κ2) is 5.67. The van der Waals surface area contributed by atoms with Gasteiger partial charge in [-0.05, 0) is 34.4 Å². The Balaban J connectivity index is 0.000000722. The molecule has 0 spiro atoms. The molecule has 3 aromatic rings. The Morgan fingerprint density at radius 2 is 1.29 bits per heavy atom. The van der Waals surface area contributed by atoms with E-state index in [1.807, 2.05) is 18.2 Å². The lowest BCUT2D eigenvalue weighted by molar-refractivity contribution is 1.11. The van der Waals surface area contributed by atoms with Crippen LogP contribution in [-0.4, -0.2) is 23.1 Å². The first-order valence-corrected chi connectivity index (χ1v) is 5.29. The monoisotopic (exact) mass is 258 g/mol. The van der Waals surface area contributed by atoms with Crippen molar-refractivity contribution in [2.24, 2.45) is 0 Å². The maximum absolute atomic E-state index is 6.16. The average molecular weight is 259 g/mol. The molecule has 3 rings (SSSR count). The molecule has 3 aromatic carbocycles. The van der Waals surface area contributed by atoms with Crippen molar-refractivity contribution >= 4 is 56.2 Å². The molecule has 0 atom stereocenters. The van der Waals surface area contributed by atoms with Gasteiger partial charge in [-0.2, -0.15) is 0 Å². The molecular formula is C14H12ClFMg. The Bertz CT molecular complexity index is 652. The van der Waals surface area contributed by atoms with E-state index >= 15 is 0 Å². The zero-order valence-electron chi connectivity index (χ0n) is 8.48. The summed E-state index contributed by atoms with van der Waals surface area (Å²) in [5.41, 5.74) is 0. The third-order valence-electron chi connectivity index (χ3n) is 2.69. The van der Waals surface area contributed by atoms with Crippen LogP contribution in [-0.2, 0) is 0 Å². The van der Waals surface area contributed by atoms with Gasteiger partial charge in [0.15, 0.2) is 0 Å². The van der Waals surface area contributed by atoms with Crippen LogP contribution in [0.4, 0.5) is 4.70 Å². The molecule has 84 valence electrons. The number of halogens is 2. The SMILES string of the molecule is Clc1cccc2cc3ccccc3cc12.F.[MgH2]. The van der Waals surface area contributed by atoms with Crippen LogP contribution in [0.3, 0.4) is 0 Å². The maximum atomic E-state index is 6.16. The fourth-order valence-corrected chi connectivity index (χ4v) is 2.17. The number of fused-ring (bicyclic) bond motifs is 2. The first-order chi connectivity index (χ1) is 7.34. The fraction of sp³-hybridized carbons (Fsp3) is 0. The van der Waals surface area contributed by atoms with Crippen LogP contribution in [0.2, 0.25) is 5.02 Å². The molecule has 0 saturated carbocycles. The molecule has 17 heavy (non-hydrogen) atoms. The summed E-state index contributed by atoms with van der Waals surface area (Å²) in [6.45, 7) is 0. The summed E-state index contributed by atoms with van der Waals surface area (Å²) in [6, 6.07) is 18.7. The Kier molecular flexibility index (Phi) is 4.75. The van der Waals surface area contributed by atoms with E-state index in [1.54, 1.807) is 0 Å². The lowest BCUT2D eigenvalue weighted by Gasteiger charge is -2.03.